The Bertz CT molecular complexity index is 355. The van der Waals surface area contributed by atoms with Crippen LogP contribution in [-0.2, 0) is 23.9 Å². The standard InChI is InChI=1S/C14H23NO5/c1-3-19-13(17)8-7-12(16)15-9-5-6-11(10-15)14(18)20-4-2/h11H,3-10H2,1-2H3/t11-/m0/s1. The van der Waals surface area contributed by atoms with E-state index in [0.717, 1.165) is 12.8 Å². The normalized spacial score (nSPS) is 18.5. The number of rotatable bonds is 6. The molecule has 1 atom stereocenters. The van der Waals surface area contributed by atoms with Crippen molar-refractivity contribution in [3.63, 3.8) is 0 Å². The summed E-state index contributed by atoms with van der Waals surface area (Å²) in [5.74, 6) is -0.947. The first-order valence-corrected chi connectivity index (χ1v) is 7.18. The lowest BCUT2D eigenvalue weighted by Crippen LogP contribution is -2.42. The average Bonchev–Trinajstić information content (AvgIpc) is 2.45. The van der Waals surface area contributed by atoms with Gasteiger partial charge in [0, 0.05) is 19.5 Å². The van der Waals surface area contributed by atoms with Crippen molar-refractivity contribution >= 4 is 17.8 Å². The summed E-state index contributed by atoms with van der Waals surface area (Å²) in [5, 5.41) is 0. The van der Waals surface area contributed by atoms with Gasteiger partial charge in [0.2, 0.25) is 5.91 Å². The van der Waals surface area contributed by atoms with Gasteiger partial charge in [-0.05, 0) is 26.7 Å². The monoisotopic (exact) mass is 285 g/mol. The number of hydrogen-bond donors (Lipinski definition) is 0. The summed E-state index contributed by atoms with van der Waals surface area (Å²) in [7, 11) is 0. The number of hydrogen-bond acceptors (Lipinski definition) is 5. The van der Waals surface area contributed by atoms with Crippen molar-refractivity contribution in [3.05, 3.63) is 0 Å². The van der Waals surface area contributed by atoms with Crippen LogP contribution in [-0.4, -0.2) is 49.0 Å². The Kier molecular flexibility index (Phi) is 7.04. The molecule has 0 saturated carbocycles. The molecular formula is C14H23NO5. The molecule has 1 saturated heterocycles. The molecule has 0 bridgehead atoms. The molecule has 20 heavy (non-hydrogen) atoms. The molecule has 0 aromatic heterocycles. The van der Waals surface area contributed by atoms with Crippen molar-refractivity contribution < 1.29 is 23.9 Å². The van der Waals surface area contributed by atoms with E-state index in [4.69, 9.17) is 9.47 Å². The van der Waals surface area contributed by atoms with E-state index >= 15 is 0 Å². The first-order chi connectivity index (χ1) is 9.58. The summed E-state index contributed by atoms with van der Waals surface area (Å²) >= 11 is 0. The Morgan fingerprint density at radius 3 is 2.45 bits per heavy atom. The van der Waals surface area contributed by atoms with Crippen molar-refractivity contribution in [2.75, 3.05) is 26.3 Å². The fraction of sp³-hybridized carbons (Fsp3) is 0.786. The highest BCUT2D eigenvalue weighted by atomic mass is 16.5. The van der Waals surface area contributed by atoms with Gasteiger partial charge in [0.25, 0.3) is 0 Å². The van der Waals surface area contributed by atoms with Crippen LogP contribution >= 0.6 is 0 Å². The molecule has 1 amide bonds. The van der Waals surface area contributed by atoms with Gasteiger partial charge in [-0.3, -0.25) is 14.4 Å². The van der Waals surface area contributed by atoms with E-state index in [1.807, 2.05) is 0 Å². The van der Waals surface area contributed by atoms with Crippen LogP contribution in [0.2, 0.25) is 0 Å². The zero-order valence-electron chi connectivity index (χ0n) is 12.2. The lowest BCUT2D eigenvalue weighted by atomic mass is 9.98. The van der Waals surface area contributed by atoms with Gasteiger partial charge in [-0.1, -0.05) is 0 Å². The average molecular weight is 285 g/mol. The molecule has 0 aliphatic carbocycles. The quantitative estimate of drug-likeness (QED) is 0.684. The zero-order chi connectivity index (χ0) is 15.0. The third-order valence-electron chi connectivity index (χ3n) is 3.24. The number of carbonyl (C=O) groups excluding carboxylic acids is 3. The number of ether oxygens (including phenoxy) is 2. The van der Waals surface area contributed by atoms with Crippen LogP contribution in [0.4, 0.5) is 0 Å². The van der Waals surface area contributed by atoms with Gasteiger partial charge in [0.15, 0.2) is 0 Å². The summed E-state index contributed by atoms with van der Waals surface area (Å²) in [5.41, 5.74) is 0. The molecule has 0 unspecified atom stereocenters. The predicted molar refractivity (Wildman–Crippen MR) is 71.8 cm³/mol. The second-order valence-corrected chi connectivity index (χ2v) is 4.74. The molecule has 1 aliphatic rings. The number of amides is 1. The van der Waals surface area contributed by atoms with E-state index in [1.54, 1.807) is 18.7 Å². The maximum atomic E-state index is 12.0. The van der Waals surface area contributed by atoms with Crippen molar-refractivity contribution in [2.24, 2.45) is 5.92 Å². The topological polar surface area (TPSA) is 72.9 Å². The zero-order valence-corrected chi connectivity index (χ0v) is 12.2. The third-order valence-corrected chi connectivity index (χ3v) is 3.24. The Morgan fingerprint density at radius 1 is 1.10 bits per heavy atom. The first-order valence-electron chi connectivity index (χ1n) is 7.18. The smallest absolute Gasteiger partial charge is 0.310 e. The minimum Gasteiger partial charge on any atom is -0.466 e. The van der Waals surface area contributed by atoms with Gasteiger partial charge in [0.1, 0.15) is 0 Å². The van der Waals surface area contributed by atoms with E-state index in [0.29, 0.717) is 26.3 Å². The molecule has 0 aromatic rings. The van der Waals surface area contributed by atoms with Crippen LogP contribution in [0.25, 0.3) is 0 Å². The minimum absolute atomic E-state index is 0.0905. The van der Waals surface area contributed by atoms with E-state index in [1.165, 1.54) is 0 Å². The third kappa shape index (κ3) is 5.19. The molecule has 0 aromatic carbocycles. The van der Waals surface area contributed by atoms with Crippen LogP contribution < -0.4 is 0 Å². The molecule has 1 rings (SSSR count). The number of carbonyl (C=O) groups is 3. The SMILES string of the molecule is CCOC(=O)CCC(=O)N1CCC[C@H](C(=O)OCC)C1. The highest BCUT2D eigenvalue weighted by Gasteiger charge is 2.29. The van der Waals surface area contributed by atoms with Gasteiger partial charge in [-0.2, -0.15) is 0 Å². The van der Waals surface area contributed by atoms with Crippen LogP contribution in [0.5, 0.6) is 0 Å². The number of esters is 2. The molecule has 6 heteroatoms. The molecule has 1 fully saturated rings. The molecule has 0 N–H and O–H groups in total. The number of likely N-dealkylation sites (tertiary alicyclic amines) is 1. The largest absolute Gasteiger partial charge is 0.466 e. The Hall–Kier alpha value is -1.59. The van der Waals surface area contributed by atoms with E-state index in [9.17, 15) is 14.4 Å². The number of nitrogens with zero attached hydrogens (tertiary/aromatic N) is 1. The van der Waals surface area contributed by atoms with E-state index < -0.39 is 0 Å². The van der Waals surface area contributed by atoms with Crippen LogP contribution in [0, 0.1) is 5.92 Å². The minimum atomic E-state index is -0.361. The molecule has 6 nitrogen and oxygen atoms in total. The van der Waals surface area contributed by atoms with Crippen molar-refractivity contribution in [2.45, 2.75) is 39.5 Å². The lowest BCUT2D eigenvalue weighted by Gasteiger charge is -2.31. The van der Waals surface area contributed by atoms with Crippen LogP contribution in [0.15, 0.2) is 0 Å². The first kappa shape index (κ1) is 16.5. The van der Waals surface area contributed by atoms with Crippen LogP contribution in [0.1, 0.15) is 39.5 Å². The van der Waals surface area contributed by atoms with E-state index in [2.05, 4.69) is 0 Å². The lowest BCUT2D eigenvalue weighted by molar-refractivity contribution is -0.152. The molecule has 1 heterocycles. The Balaban J connectivity index is 2.40. The van der Waals surface area contributed by atoms with Gasteiger partial charge < -0.3 is 14.4 Å². The summed E-state index contributed by atoms with van der Waals surface area (Å²) in [6.45, 7) is 5.20. The van der Waals surface area contributed by atoms with Crippen LogP contribution in [0.3, 0.4) is 0 Å². The van der Waals surface area contributed by atoms with Crippen molar-refractivity contribution in [1.82, 2.24) is 4.90 Å². The number of piperidine rings is 1. The van der Waals surface area contributed by atoms with Crippen molar-refractivity contribution in [1.29, 1.82) is 0 Å². The summed E-state index contributed by atoms with van der Waals surface area (Å²) < 4.78 is 9.78. The fourth-order valence-electron chi connectivity index (χ4n) is 2.26. The van der Waals surface area contributed by atoms with Gasteiger partial charge in [-0.25, -0.2) is 0 Å². The maximum absolute atomic E-state index is 12.0. The van der Waals surface area contributed by atoms with Gasteiger partial charge >= 0.3 is 11.9 Å². The summed E-state index contributed by atoms with van der Waals surface area (Å²) in [6, 6.07) is 0. The Labute approximate surface area is 119 Å². The molecular weight excluding hydrogens is 262 g/mol. The Morgan fingerprint density at radius 2 is 1.80 bits per heavy atom. The van der Waals surface area contributed by atoms with Gasteiger partial charge in [0.05, 0.1) is 25.6 Å². The van der Waals surface area contributed by atoms with Crippen molar-refractivity contribution in [3.8, 4) is 0 Å². The predicted octanol–water partition coefficient (Wildman–Crippen LogP) is 1.13. The highest BCUT2D eigenvalue weighted by molar-refractivity contribution is 5.82. The summed E-state index contributed by atoms with van der Waals surface area (Å²) in [4.78, 5) is 36.5. The second kappa shape index (κ2) is 8.55. The van der Waals surface area contributed by atoms with E-state index in [-0.39, 0.29) is 36.6 Å². The molecule has 114 valence electrons. The highest BCUT2D eigenvalue weighted by Crippen LogP contribution is 2.19. The second-order valence-electron chi connectivity index (χ2n) is 4.74. The fourth-order valence-corrected chi connectivity index (χ4v) is 2.26. The van der Waals surface area contributed by atoms with Gasteiger partial charge in [-0.15, -0.1) is 0 Å². The maximum Gasteiger partial charge on any atom is 0.310 e. The molecule has 0 radical (unpaired) electrons. The molecule has 0 spiro atoms. The summed E-state index contributed by atoms with van der Waals surface area (Å²) in [6.07, 6.45) is 1.76. The molecule has 1 aliphatic heterocycles.